The quantitative estimate of drug-likeness (QED) is 0.236. The molecule has 2 fully saturated rings. The molecule has 0 spiro atoms. The fourth-order valence-electron chi connectivity index (χ4n) is 10.8. The Bertz CT molecular complexity index is 2610. The van der Waals surface area contributed by atoms with Crippen LogP contribution in [0.3, 0.4) is 0 Å². The first-order valence-electron chi connectivity index (χ1n) is 22.1. The number of pyridine rings is 2. The van der Waals surface area contributed by atoms with Crippen molar-refractivity contribution in [3.05, 3.63) is 70.5 Å². The summed E-state index contributed by atoms with van der Waals surface area (Å²) < 4.78 is 20.0. The maximum atomic E-state index is 10.4. The van der Waals surface area contributed by atoms with Crippen molar-refractivity contribution >= 4 is 73.0 Å². The number of fused-ring (bicyclic) bond motifs is 12. The summed E-state index contributed by atoms with van der Waals surface area (Å²) in [6.45, 7) is 1.06. The van der Waals surface area contributed by atoms with Crippen LogP contribution in [0.1, 0.15) is 94.5 Å². The lowest BCUT2D eigenvalue weighted by Crippen LogP contribution is -2.68. The van der Waals surface area contributed by atoms with Crippen molar-refractivity contribution < 1.29 is 19.1 Å². The van der Waals surface area contributed by atoms with Crippen molar-refractivity contribution in [2.24, 2.45) is 58.6 Å². The van der Waals surface area contributed by atoms with Crippen molar-refractivity contribution in [2.45, 2.75) is 83.2 Å². The van der Waals surface area contributed by atoms with Crippen LogP contribution in [0.15, 0.2) is 94.1 Å². The maximum Gasteiger partial charge on any atom is 0.599 e. The molecule has 5 unspecified atom stereocenters. The molecule has 0 radical (unpaired) electrons. The third kappa shape index (κ3) is 6.02. The summed E-state index contributed by atoms with van der Waals surface area (Å²) in [4.78, 5) is 46.9. The second kappa shape index (κ2) is 14.9. The highest BCUT2D eigenvalue weighted by molar-refractivity contribution is 6.68. The minimum Gasteiger partial charge on any atom is -0.396 e. The average molecular weight is 837 g/mol. The molecule has 16 nitrogen and oxygen atoms in total. The summed E-state index contributed by atoms with van der Waals surface area (Å²) in [5, 5.41) is 25.4. The number of rotatable bonds is 8. The van der Waals surface area contributed by atoms with Crippen LogP contribution in [0.5, 0.6) is 0 Å². The predicted octanol–water partition coefficient (Wildman–Crippen LogP) is 5.85. The molecule has 3 aromatic heterocycles. The van der Waals surface area contributed by atoms with Gasteiger partial charge in [0.05, 0.1) is 5.69 Å². The van der Waals surface area contributed by atoms with Gasteiger partial charge in [0.25, 0.3) is 0 Å². The molecule has 7 aliphatic heterocycles. The summed E-state index contributed by atoms with van der Waals surface area (Å²) in [5.74, 6) is 4.68. The zero-order valence-corrected chi connectivity index (χ0v) is 34.9. The number of amidine groups is 5. The van der Waals surface area contributed by atoms with Gasteiger partial charge in [0, 0.05) is 73.3 Å². The first kappa shape index (κ1) is 37.4. The molecule has 3 N–H and O–H groups in total. The lowest BCUT2D eigenvalue weighted by molar-refractivity contribution is 0.0505. The second-order valence-electron chi connectivity index (χ2n) is 17.6. The van der Waals surface area contributed by atoms with E-state index in [2.05, 4.69) is 20.2 Å². The molecule has 61 heavy (non-hydrogen) atoms. The van der Waals surface area contributed by atoms with E-state index in [1.165, 1.54) is 0 Å². The van der Waals surface area contributed by atoms with E-state index in [0.717, 1.165) is 104 Å². The van der Waals surface area contributed by atoms with Gasteiger partial charge >= 0.3 is 8.88 Å². The number of aliphatic hydroxyl groups excluding tert-OH is 2. The van der Waals surface area contributed by atoms with Gasteiger partial charge in [0.2, 0.25) is 0 Å². The van der Waals surface area contributed by atoms with Crippen LogP contribution in [0.4, 0.5) is 11.6 Å². The Balaban J connectivity index is 1.18. The van der Waals surface area contributed by atoms with Crippen LogP contribution in [0.25, 0.3) is 10.9 Å². The van der Waals surface area contributed by atoms with Gasteiger partial charge in [-0.2, -0.15) is 0 Å². The van der Waals surface area contributed by atoms with E-state index in [-0.39, 0.29) is 36.9 Å². The van der Waals surface area contributed by atoms with E-state index < -0.39 is 15.0 Å². The fraction of sp³-hybridized carbons (Fsp3) is 0.477. The van der Waals surface area contributed by atoms with Gasteiger partial charge in [-0.05, 0) is 112 Å². The van der Waals surface area contributed by atoms with E-state index in [9.17, 15) is 10.2 Å². The van der Waals surface area contributed by atoms with Crippen molar-refractivity contribution in [1.29, 1.82) is 0 Å². The van der Waals surface area contributed by atoms with E-state index >= 15 is 0 Å². The van der Waals surface area contributed by atoms with E-state index in [1.54, 1.807) is 6.20 Å². The highest BCUT2D eigenvalue weighted by Crippen LogP contribution is 2.49. The monoisotopic (exact) mass is 836 g/mol. The molecule has 6 bridgehead atoms. The topological polar surface area (TPSA) is 191 Å². The highest BCUT2D eigenvalue weighted by atomic mass is 28.4. The predicted molar refractivity (Wildman–Crippen MR) is 235 cm³/mol. The van der Waals surface area contributed by atoms with Gasteiger partial charge in [-0.3, -0.25) is 28.8 Å². The standard InChI is InChI=1S/C44H48N12O4Si/c57-21-25-7-1-9-27(19-25)23-59-61(60-24-28-10-2-8-26(20-28)22-58)55-42-31-13-5-17-47-35(31)43(55)51-37-29-11-3-15-45-33(29)39(49-37)53-41-32-14-6-18-48-36(32)44(56(41)61)52-38-30-12-4-16-46-34(30)40(50-38)54-42/h5-6,13-18,25-28,43,57-58H,1-4,7-12,19-24H2,(H,49,51,53)/b52-38-,54-42-. The molecule has 9 aliphatic rings. The summed E-state index contributed by atoms with van der Waals surface area (Å²) in [7, 11) is -4.26. The number of hydrogen-bond donors (Lipinski definition) is 3. The Kier molecular flexibility index (Phi) is 9.17. The SMILES string of the molecule is OCC1CCCC(CO[Si]2(OCC3CCCC(CO)C3)N3/C4=N\C5=NC(=N\c6c7ncccc7c(n62)/N=C2\N=C(NC3c3ncccc34)C3=C2N=CCC3)/C2=C5N=CCC2)C1. The molecule has 17 heteroatoms. The third-order valence-corrected chi connectivity index (χ3v) is 16.9. The van der Waals surface area contributed by atoms with Crippen molar-refractivity contribution in [1.82, 2.24) is 24.1 Å². The van der Waals surface area contributed by atoms with Crippen molar-refractivity contribution in [2.75, 3.05) is 26.4 Å². The Morgan fingerprint density at radius 1 is 0.705 bits per heavy atom. The molecule has 0 saturated heterocycles. The van der Waals surface area contributed by atoms with Gasteiger partial charge in [-0.25, -0.2) is 25.0 Å². The fourth-order valence-corrected chi connectivity index (χ4v) is 14.4. The minimum absolute atomic E-state index is 0.154. The summed E-state index contributed by atoms with van der Waals surface area (Å²) >= 11 is 0. The highest BCUT2D eigenvalue weighted by Gasteiger charge is 2.62. The van der Waals surface area contributed by atoms with Crippen LogP contribution in [-0.4, -0.2) is 106 Å². The number of hydrogen-bond acceptors (Lipinski definition) is 15. The van der Waals surface area contributed by atoms with Crippen LogP contribution < -0.4 is 5.32 Å². The van der Waals surface area contributed by atoms with Gasteiger partial charge in [0.1, 0.15) is 40.6 Å². The molecule has 3 aromatic rings. The van der Waals surface area contributed by atoms with Crippen LogP contribution >= 0.6 is 0 Å². The smallest absolute Gasteiger partial charge is 0.396 e. The van der Waals surface area contributed by atoms with Crippen LogP contribution in [0.2, 0.25) is 0 Å². The van der Waals surface area contributed by atoms with Crippen molar-refractivity contribution in [3.8, 4) is 0 Å². The zero-order chi connectivity index (χ0) is 40.7. The number of aliphatic hydroxyl groups is 2. The van der Waals surface area contributed by atoms with Crippen molar-refractivity contribution in [3.63, 3.8) is 0 Å². The maximum absolute atomic E-state index is 10.4. The number of aliphatic imine (C=N–C) groups is 7. The normalized spacial score (nSPS) is 32.2. The second-order valence-corrected chi connectivity index (χ2v) is 20.2. The molecular weight excluding hydrogens is 789 g/mol. The Morgan fingerprint density at radius 2 is 1.36 bits per heavy atom. The van der Waals surface area contributed by atoms with E-state index in [4.69, 9.17) is 53.8 Å². The van der Waals surface area contributed by atoms with E-state index in [1.807, 2.05) is 36.8 Å². The third-order valence-electron chi connectivity index (χ3n) is 13.8. The lowest BCUT2D eigenvalue weighted by atomic mass is 9.82. The largest absolute Gasteiger partial charge is 0.599 e. The van der Waals surface area contributed by atoms with Gasteiger partial charge in [-0.15, -0.1) is 0 Å². The zero-order valence-electron chi connectivity index (χ0n) is 33.9. The lowest BCUT2D eigenvalue weighted by Gasteiger charge is -2.44. The molecule has 12 rings (SSSR count). The number of aromatic nitrogens is 3. The number of nitrogens with zero attached hydrogens (tertiary/aromatic N) is 11. The molecular formula is C44H48N12O4Si. The Hall–Kier alpha value is -5.33. The first-order valence-corrected chi connectivity index (χ1v) is 23.8. The van der Waals surface area contributed by atoms with E-state index in [0.29, 0.717) is 71.7 Å². The first-order chi connectivity index (χ1) is 30.1. The summed E-state index contributed by atoms with van der Waals surface area (Å²) in [6, 6.07) is 7.97. The molecule has 10 heterocycles. The Morgan fingerprint density at radius 3 is 2.11 bits per heavy atom. The molecule has 0 aromatic carbocycles. The molecule has 0 amide bonds. The molecule has 2 saturated carbocycles. The minimum atomic E-state index is -4.26. The molecule has 5 atom stereocenters. The molecule has 2 aliphatic carbocycles. The van der Waals surface area contributed by atoms with Gasteiger partial charge in [-0.1, -0.05) is 12.8 Å². The van der Waals surface area contributed by atoms with Gasteiger partial charge < -0.3 is 24.4 Å². The van der Waals surface area contributed by atoms with Crippen LogP contribution in [-0.2, 0) is 8.85 Å². The Labute approximate surface area is 353 Å². The van der Waals surface area contributed by atoms with Gasteiger partial charge in [0.15, 0.2) is 23.3 Å². The summed E-state index contributed by atoms with van der Waals surface area (Å²) in [5.41, 5.74) is 5.60. The number of nitrogens with one attached hydrogen (secondary N) is 1. The van der Waals surface area contributed by atoms with Crippen LogP contribution in [0, 0.1) is 23.7 Å². The summed E-state index contributed by atoms with van der Waals surface area (Å²) in [6.07, 6.45) is 17.5. The molecule has 312 valence electrons. The average Bonchev–Trinajstić information content (AvgIpc) is 4.03.